The van der Waals surface area contributed by atoms with Gasteiger partial charge in [0.2, 0.25) is 5.91 Å². The molecular formula is C6H8NO. The molecule has 1 rings (SSSR count). The van der Waals surface area contributed by atoms with E-state index in [2.05, 4.69) is 6.58 Å². The summed E-state index contributed by atoms with van der Waals surface area (Å²) in [5.74, 6) is 0.0833. The second kappa shape index (κ2) is 1.99. The normalized spacial score (nSPS) is 19.5. The molecule has 0 N–H and O–H groups in total. The molecule has 1 radical (unpaired) electrons. The molecule has 0 aromatic rings. The molecule has 1 aliphatic rings. The van der Waals surface area contributed by atoms with Gasteiger partial charge in [-0.15, -0.1) is 0 Å². The van der Waals surface area contributed by atoms with E-state index in [4.69, 9.17) is 0 Å². The molecule has 0 aliphatic carbocycles. The van der Waals surface area contributed by atoms with Crippen molar-refractivity contribution in [2.45, 2.75) is 6.42 Å². The molecule has 0 saturated carbocycles. The fraction of sp³-hybridized carbons (Fsp3) is 0.333. The first-order chi connectivity index (χ1) is 3.84. The summed E-state index contributed by atoms with van der Waals surface area (Å²) in [6, 6.07) is 0. The maximum absolute atomic E-state index is 10.6. The maximum Gasteiger partial charge on any atom is 0.230 e. The predicted molar refractivity (Wildman–Crippen MR) is 30.8 cm³/mol. The number of hydrogen-bond donors (Lipinski definition) is 0. The van der Waals surface area contributed by atoms with Crippen LogP contribution in [0, 0.1) is 6.42 Å². The Morgan fingerprint density at radius 2 is 2.62 bits per heavy atom. The lowest BCUT2D eigenvalue weighted by atomic mass is 10.4. The SMILES string of the molecule is C=CN1CC[CH]C1=O. The van der Waals surface area contributed by atoms with E-state index in [1.165, 1.54) is 0 Å². The number of rotatable bonds is 1. The Labute approximate surface area is 48.8 Å². The van der Waals surface area contributed by atoms with Crippen molar-refractivity contribution in [2.75, 3.05) is 6.54 Å². The van der Waals surface area contributed by atoms with Crippen LogP contribution >= 0.6 is 0 Å². The Morgan fingerprint density at radius 1 is 1.88 bits per heavy atom. The molecule has 0 atom stereocenters. The lowest BCUT2D eigenvalue weighted by Crippen LogP contribution is -2.16. The molecule has 2 nitrogen and oxygen atoms in total. The maximum atomic E-state index is 10.6. The first kappa shape index (κ1) is 5.35. The lowest BCUT2D eigenvalue weighted by molar-refractivity contribution is -0.122. The molecule has 8 heavy (non-hydrogen) atoms. The smallest absolute Gasteiger partial charge is 0.230 e. The number of likely N-dealkylation sites (tertiary alicyclic amines) is 1. The van der Waals surface area contributed by atoms with Gasteiger partial charge in [0.15, 0.2) is 0 Å². The molecule has 43 valence electrons. The largest absolute Gasteiger partial charge is 0.319 e. The first-order valence-corrected chi connectivity index (χ1v) is 2.61. The van der Waals surface area contributed by atoms with Crippen LogP contribution in [0.15, 0.2) is 12.8 Å². The van der Waals surface area contributed by atoms with Gasteiger partial charge in [0, 0.05) is 6.54 Å². The van der Waals surface area contributed by atoms with E-state index in [0.29, 0.717) is 0 Å². The molecule has 0 aromatic carbocycles. The molecular weight excluding hydrogens is 102 g/mol. The van der Waals surface area contributed by atoms with Gasteiger partial charge in [-0.1, -0.05) is 6.58 Å². The second-order valence-corrected chi connectivity index (χ2v) is 1.71. The van der Waals surface area contributed by atoms with Crippen LogP contribution in [0.25, 0.3) is 0 Å². The Morgan fingerprint density at radius 3 is 2.88 bits per heavy atom. The second-order valence-electron chi connectivity index (χ2n) is 1.71. The molecule has 1 amide bonds. The van der Waals surface area contributed by atoms with E-state index in [1.807, 2.05) is 0 Å². The van der Waals surface area contributed by atoms with E-state index in [0.717, 1.165) is 13.0 Å². The zero-order valence-electron chi connectivity index (χ0n) is 4.63. The molecule has 1 aliphatic heterocycles. The number of carbonyl (C=O) groups excluding carboxylic acids is 1. The van der Waals surface area contributed by atoms with Crippen LogP contribution in [0.3, 0.4) is 0 Å². The van der Waals surface area contributed by atoms with Crippen molar-refractivity contribution in [2.24, 2.45) is 0 Å². The van der Waals surface area contributed by atoms with Crippen LogP contribution in [-0.4, -0.2) is 17.4 Å². The van der Waals surface area contributed by atoms with Crippen LogP contribution in [0.5, 0.6) is 0 Å². The van der Waals surface area contributed by atoms with Gasteiger partial charge in [-0.3, -0.25) is 4.79 Å². The zero-order chi connectivity index (χ0) is 5.98. The average Bonchev–Trinajstić information content (AvgIpc) is 2.14. The lowest BCUT2D eigenvalue weighted by Gasteiger charge is -2.05. The highest BCUT2D eigenvalue weighted by molar-refractivity contribution is 5.87. The van der Waals surface area contributed by atoms with Crippen molar-refractivity contribution in [1.82, 2.24) is 4.90 Å². The number of hydrogen-bond acceptors (Lipinski definition) is 1. The quantitative estimate of drug-likeness (QED) is 0.483. The minimum absolute atomic E-state index is 0.0833. The summed E-state index contributed by atoms with van der Waals surface area (Å²) in [7, 11) is 0. The monoisotopic (exact) mass is 110 g/mol. The average molecular weight is 110 g/mol. The van der Waals surface area contributed by atoms with Crippen LogP contribution < -0.4 is 0 Å². The Hall–Kier alpha value is -0.790. The van der Waals surface area contributed by atoms with Gasteiger partial charge >= 0.3 is 0 Å². The zero-order valence-corrected chi connectivity index (χ0v) is 4.63. The summed E-state index contributed by atoms with van der Waals surface area (Å²) in [6.45, 7) is 4.29. The highest BCUT2D eigenvalue weighted by Gasteiger charge is 2.16. The first-order valence-electron chi connectivity index (χ1n) is 2.61. The number of carbonyl (C=O) groups is 1. The van der Waals surface area contributed by atoms with Crippen molar-refractivity contribution in [3.8, 4) is 0 Å². The van der Waals surface area contributed by atoms with Crippen LogP contribution in [0.2, 0.25) is 0 Å². The molecule has 1 saturated heterocycles. The third kappa shape index (κ3) is 0.735. The predicted octanol–water partition coefficient (Wildman–Crippen LogP) is 0.566. The van der Waals surface area contributed by atoms with Gasteiger partial charge in [0.05, 0.1) is 6.42 Å². The van der Waals surface area contributed by atoms with Crippen molar-refractivity contribution in [1.29, 1.82) is 0 Å². The molecule has 0 bridgehead atoms. The molecule has 1 fully saturated rings. The fourth-order valence-electron chi connectivity index (χ4n) is 0.736. The van der Waals surface area contributed by atoms with Crippen LogP contribution in [0.4, 0.5) is 0 Å². The molecule has 0 unspecified atom stereocenters. The van der Waals surface area contributed by atoms with Gasteiger partial charge in [-0.05, 0) is 12.6 Å². The van der Waals surface area contributed by atoms with Crippen molar-refractivity contribution >= 4 is 5.91 Å². The standard InChI is InChI=1S/C6H8NO/c1-2-7-5-3-4-6(7)8/h2,4H,1,3,5H2. The van der Waals surface area contributed by atoms with Gasteiger partial charge in [0.1, 0.15) is 0 Å². The highest BCUT2D eigenvalue weighted by Crippen LogP contribution is 2.06. The van der Waals surface area contributed by atoms with Crippen LogP contribution in [-0.2, 0) is 4.79 Å². The third-order valence-electron chi connectivity index (χ3n) is 1.19. The van der Waals surface area contributed by atoms with Crippen molar-refractivity contribution in [3.63, 3.8) is 0 Å². The fourth-order valence-corrected chi connectivity index (χ4v) is 0.736. The molecule has 1 heterocycles. The van der Waals surface area contributed by atoms with Crippen LogP contribution in [0.1, 0.15) is 6.42 Å². The van der Waals surface area contributed by atoms with Crippen molar-refractivity contribution < 1.29 is 4.79 Å². The Balaban J connectivity index is 2.54. The van der Waals surface area contributed by atoms with E-state index < -0.39 is 0 Å². The van der Waals surface area contributed by atoms with Crippen molar-refractivity contribution in [3.05, 3.63) is 19.2 Å². The highest BCUT2D eigenvalue weighted by atomic mass is 16.2. The van der Waals surface area contributed by atoms with Gasteiger partial charge in [0.25, 0.3) is 0 Å². The van der Waals surface area contributed by atoms with E-state index in [1.54, 1.807) is 17.5 Å². The topological polar surface area (TPSA) is 20.3 Å². The summed E-state index contributed by atoms with van der Waals surface area (Å²) in [6.07, 6.45) is 4.10. The molecule has 0 aromatic heterocycles. The molecule has 2 heteroatoms. The van der Waals surface area contributed by atoms with Gasteiger partial charge in [-0.25, -0.2) is 0 Å². The minimum atomic E-state index is 0.0833. The summed E-state index contributed by atoms with van der Waals surface area (Å²) >= 11 is 0. The Kier molecular flexibility index (Phi) is 1.33. The van der Waals surface area contributed by atoms with Gasteiger partial charge < -0.3 is 4.90 Å². The minimum Gasteiger partial charge on any atom is -0.319 e. The summed E-state index contributed by atoms with van der Waals surface area (Å²) in [4.78, 5) is 12.2. The van der Waals surface area contributed by atoms with E-state index in [-0.39, 0.29) is 5.91 Å². The summed E-state index contributed by atoms with van der Waals surface area (Å²) in [5, 5.41) is 0. The Bertz CT molecular complexity index is 120. The van der Waals surface area contributed by atoms with Gasteiger partial charge in [-0.2, -0.15) is 0 Å². The number of amides is 1. The molecule has 0 spiro atoms. The number of nitrogens with zero attached hydrogens (tertiary/aromatic N) is 1. The third-order valence-corrected chi connectivity index (χ3v) is 1.19. The van der Waals surface area contributed by atoms with E-state index >= 15 is 0 Å². The summed E-state index contributed by atoms with van der Waals surface area (Å²) < 4.78 is 0. The summed E-state index contributed by atoms with van der Waals surface area (Å²) in [5.41, 5.74) is 0. The van der Waals surface area contributed by atoms with E-state index in [9.17, 15) is 4.79 Å².